The van der Waals surface area contributed by atoms with Crippen LogP contribution in [0, 0.1) is 5.92 Å². The lowest BCUT2D eigenvalue weighted by atomic mass is 10.1. The van der Waals surface area contributed by atoms with Crippen molar-refractivity contribution < 1.29 is 19.1 Å². The lowest BCUT2D eigenvalue weighted by molar-refractivity contribution is -0.131. The number of carbonyl (C=O) groups excluding carboxylic acids is 2. The molecule has 1 aromatic rings. The quantitative estimate of drug-likeness (QED) is 0.795. The molecule has 2 heterocycles. The molecule has 1 unspecified atom stereocenters. The predicted molar refractivity (Wildman–Crippen MR) is 90.1 cm³/mol. The number of nitrogens with zero attached hydrogens (tertiary/aromatic N) is 2. The highest BCUT2D eigenvalue weighted by atomic mass is 16.5. The highest BCUT2D eigenvalue weighted by Crippen LogP contribution is 2.31. The molecule has 1 atom stereocenters. The molecule has 0 aromatic heterocycles. The van der Waals surface area contributed by atoms with Crippen molar-refractivity contribution in [1.29, 1.82) is 0 Å². The summed E-state index contributed by atoms with van der Waals surface area (Å²) in [5.41, 5.74) is 0.744. The average molecular weight is 332 g/mol. The van der Waals surface area contributed by atoms with Crippen LogP contribution in [0.5, 0.6) is 5.75 Å². The van der Waals surface area contributed by atoms with Crippen molar-refractivity contribution in [2.24, 2.45) is 5.92 Å². The van der Waals surface area contributed by atoms with Gasteiger partial charge >= 0.3 is 0 Å². The number of amides is 2. The van der Waals surface area contributed by atoms with Crippen molar-refractivity contribution >= 4 is 17.5 Å². The zero-order chi connectivity index (χ0) is 16.9. The number of fused-ring (bicyclic) bond motifs is 1. The second-order valence-corrected chi connectivity index (χ2v) is 6.21. The number of para-hydroxylation sites is 2. The molecule has 0 spiro atoms. The monoisotopic (exact) mass is 332 g/mol. The molecule has 3 rings (SSSR count). The molecule has 0 bridgehead atoms. The molecule has 130 valence electrons. The molecular weight excluding hydrogens is 308 g/mol. The van der Waals surface area contributed by atoms with Gasteiger partial charge in [-0.05, 0) is 25.5 Å². The van der Waals surface area contributed by atoms with Crippen LogP contribution < -0.4 is 9.64 Å². The van der Waals surface area contributed by atoms with Gasteiger partial charge < -0.3 is 19.3 Å². The van der Waals surface area contributed by atoms with E-state index in [2.05, 4.69) is 0 Å². The number of ether oxygens (including phenoxy) is 2. The third kappa shape index (κ3) is 3.70. The minimum atomic E-state index is -0.103. The zero-order valence-corrected chi connectivity index (χ0v) is 14.1. The minimum Gasteiger partial charge on any atom is -0.482 e. The van der Waals surface area contributed by atoms with E-state index in [1.165, 1.54) is 0 Å². The van der Waals surface area contributed by atoms with Crippen LogP contribution in [0.25, 0.3) is 0 Å². The summed E-state index contributed by atoms with van der Waals surface area (Å²) in [5.74, 6) is 1.11. The topological polar surface area (TPSA) is 59.1 Å². The van der Waals surface area contributed by atoms with Crippen LogP contribution in [0.1, 0.15) is 19.8 Å². The van der Waals surface area contributed by atoms with E-state index in [1.54, 1.807) is 4.90 Å². The summed E-state index contributed by atoms with van der Waals surface area (Å²) in [5, 5.41) is 0. The smallest absolute Gasteiger partial charge is 0.265 e. The molecule has 1 aromatic carbocycles. The number of rotatable bonds is 6. The molecule has 2 amide bonds. The van der Waals surface area contributed by atoms with Gasteiger partial charge in [0.25, 0.3) is 5.91 Å². The Morgan fingerprint density at radius 2 is 2.21 bits per heavy atom. The number of carbonyl (C=O) groups is 2. The van der Waals surface area contributed by atoms with Gasteiger partial charge in [0.05, 0.1) is 12.3 Å². The summed E-state index contributed by atoms with van der Waals surface area (Å²) in [6.07, 6.45) is 1.33. The summed E-state index contributed by atoms with van der Waals surface area (Å²) in [6, 6.07) is 7.44. The summed E-state index contributed by atoms with van der Waals surface area (Å²) in [4.78, 5) is 28.2. The van der Waals surface area contributed by atoms with Gasteiger partial charge in [-0.25, -0.2) is 0 Å². The first-order valence-electron chi connectivity index (χ1n) is 8.56. The van der Waals surface area contributed by atoms with Gasteiger partial charge in [-0.1, -0.05) is 12.1 Å². The molecule has 0 aliphatic carbocycles. The molecule has 0 saturated carbocycles. The second-order valence-electron chi connectivity index (χ2n) is 6.21. The number of benzene rings is 1. The first kappa shape index (κ1) is 16.8. The van der Waals surface area contributed by atoms with Crippen LogP contribution in [-0.2, 0) is 14.3 Å². The van der Waals surface area contributed by atoms with Crippen LogP contribution >= 0.6 is 0 Å². The molecular formula is C18H24N2O4. The van der Waals surface area contributed by atoms with Gasteiger partial charge in [0, 0.05) is 38.6 Å². The Morgan fingerprint density at radius 3 is 2.96 bits per heavy atom. The Bertz CT molecular complexity index is 598. The van der Waals surface area contributed by atoms with Crippen molar-refractivity contribution in [3.05, 3.63) is 24.3 Å². The van der Waals surface area contributed by atoms with Gasteiger partial charge in [-0.3, -0.25) is 9.59 Å². The van der Waals surface area contributed by atoms with E-state index in [9.17, 15) is 9.59 Å². The van der Waals surface area contributed by atoms with E-state index in [4.69, 9.17) is 9.47 Å². The zero-order valence-electron chi connectivity index (χ0n) is 14.1. The number of hydrogen-bond acceptors (Lipinski definition) is 4. The molecule has 6 nitrogen and oxygen atoms in total. The Labute approximate surface area is 142 Å². The highest BCUT2D eigenvalue weighted by Gasteiger charge is 2.27. The normalized spacial score (nSPS) is 19.8. The van der Waals surface area contributed by atoms with E-state index >= 15 is 0 Å². The molecule has 24 heavy (non-hydrogen) atoms. The van der Waals surface area contributed by atoms with Gasteiger partial charge in [0.15, 0.2) is 6.61 Å². The standard InChI is InChI=1S/C18H24N2O4/c1-2-19(11-14-8-10-23-12-14)17(21)7-9-20-15-5-3-4-6-16(15)24-13-18(20)22/h3-6,14H,2,7-13H2,1H3. The van der Waals surface area contributed by atoms with Crippen molar-refractivity contribution in [3.63, 3.8) is 0 Å². The van der Waals surface area contributed by atoms with Crippen LogP contribution in [0.4, 0.5) is 5.69 Å². The maximum Gasteiger partial charge on any atom is 0.265 e. The predicted octanol–water partition coefficient (Wildman–Crippen LogP) is 1.69. The van der Waals surface area contributed by atoms with E-state index in [1.807, 2.05) is 36.1 Å². The largest absolute Gasteiger partial charge is 0.482 e. The number of anilines is 1. The van der Waals surface area contributed by atoms with Gasteiger partial charge in [-0.15, -0.1) is 0 Å². The summed E-state index contributed by atoms with van der Waals surface area (Å²) >= 11 is 0. The van der Waals surface area contributed by atoms with Crippen LogP contribution in [0.2, 0.25) is 0 Å². The maximum atomic E-state index is 12.5. The van der Waals surface area contributed by atoms with Crippen molar-refractivity contribution in [1.82, 2.24) is 4.90 Å². The third-order valence-electron chi connectivity index (χ3n) is 4.59. The SMILES string of the molecule is CCN(CC1CCOC1)C(=O)CCN1C(=O)COc2ccccc21. The fraction of sp³-hybridized carbons (Fsp3) is 0.556. The first-order chi connectivity index (χ1) is 11.7. The van der Waals surface area contributed by atoms with Crippen LogP contribution in [0.3, 0.4) is 0 Å². The molecule has 2 aliphatic heterocycles. The van der Waals surface area contributed by atoms with Crippen molar-refractivity contribution in [2.45, 2.75) is 19.8 Å². The van der Waals surface area contributed by atoms with Gasteiger partial charge in [0.2, 0.25) is 5.91 Å². The first-order valence-corrected chi connectivity index (χ1v) is 8.56. The van der Waals surface area contributed by atoms with E-state index in [0.717, 1.165) is 31.9 Å². The van der Waals surface area contributed by atoms with E-state index in [0.29, 0.717) is 31.2 Å². The minimum absolute atomic E-state index is 0.0299. The van der Waals surface area contributed by atoms with Gasteiger partial charge in [0.1, 0.15) is 5.75 Å². The Morgan fingerprint density at radius 1 is 1.38 bits per heavy atom. The van der Waals surface area contributed by atoms with Crippen LogP contribution in [-0.4, -0.2) is 56.2 Å². The fourth-order valence-corrected chi connectivity index (χ4v) is 3.21. The Balaban J connectivity index is 1.59. The second kappa shape index (κ2) is 7.66. The molecule has 6 heteroatoms. The highest BCUT2D eigenvalue weighted by molar-refractivity contribution is 5.98. The Kier molecular flexibility index (Phi) is 5.35. The average Bonchev–Trinajstić information content (AvgIpc) is 3.11. The molecule has 2 aliphatic rings. The molecule has 0 N–H and O–H groups in total. The lowest BCUT2D eigenvalue weighted by Crippen LogP contribution is -2.42. The molecule has 0 radical (unpaired) electrons. The van der Waals surface area contributed by atoms with Crippen molar-refractivity contribution in [2.75, 3.05) is 44.4 Å². The number of hydrogen-bond donors (Lipinski definition) is 0. The van der Waals surface area contributed by atoms with Crippen molar-refractivity contribution in [3.8, 4) is 5.75 Å². The summed E-state index contributed by atoms with van der Waals surface area (Å²) in [7, 11) is 0. The lowest BCUT2D eigenvalue weighted by Gasteiger charge is -2.30. The Hall–Kier alpha value is -2.08. The molecule has 1 fully saturated rings. The molecule has 1 saturated heterocycles. The van der Waals surface area contributed by atoms with E-state index < -0.39 is 0 Å². The maximum absolute atomic E-state index is 12.5. The summed E-state index contributed by atoms with van der Waals surface area (Å²) < 4.78 is 10.8. The van der Waals surface area contributed by atoms with E-state index in [-0.39, 0.29) is 18.4 Å². The summed E-state index contributed by atoms with van der Waals surface area (Å²) in [6.45, 7) is 5.35. The third-order valence-corrected chi connectivity index (χ3v) is 4.59. The van der Waals surface area contributed by atoms with Crippen LogP contribution in [0.15, 0.2) is 24.3 Å². The van der Waals surface area contributed by atoms with Gasteiger partial charge in [-0.2, -0.15) is 0 Å². The fourth-order valence-electron chi connectivity index (χ4n) is 3.21.